The van der Waals surface area contributed by atoms with Gasteiger partial charge in [-0.2, -0.15) is 0 Å². The number of fused-ring (bicyclic) bond motifs is 3. The van der Waals surface area contributed by atoms with E-state index in [0.717, 1.165) is 62.3 Å². The van der Waals surface area contributed by atoms with Gasteiger partial charge in [0.15, 0.2) is 11.6 Å². The Balaban J connectivity index is 1.16. The van der Waals surface area contributed by atoms with Gasteiger partial charge in [-0.05, 0) is 98.2 Å². The van der Waals surface area contributed by atoms with Crippen LogP contribution in [-0.2, 0) is 24.8 Å². The van der Waals surface area contributed by atoms with Gasteiger partial charge in [0.2, 0.25) is 0 Å². The van der Waals surface area contributed by atoms with Crippen molar-refractivity contribution < 1.29 is 22.7 Å². The molecule has 1 amide bonds. The van der Waals surface area contributed by atoms with Crippen LogP contribution in [0.25, 0.3) is 32.0 Å². The Morgan fingerprint density at radius 2 is 1.94 bits per heavy atom. The first-order chi connectivity index (χ1) is 25.2. The predicted molar refractivity (Wildman–Crippen MR) is 191 cm³/mol. The number of rotatable bonds is 8. The highest BCUT2D eigenvalue weighted by molar-refractivity contribution is 7.23. The summed E-state index contributed by atoms with van der Waals surface area (Å²) in [7, 11) is 1.49. The van der Waals surface area contributed by atoms with E-state index in [2.05, 4.69) is 21.6 Å². The summed E-state index contributed by atoms with van der Waals surface area (Å²) in [4.78, 5) is 39.8. The van der Waals surface area contributed by atoms with Gasteiger partial charge in [0.05, 0.1) is 45.9 Å². The molecule has 7 heterocycles. The fraction of sp³-hybridized carbons (Fsp3) is 0.308. The Labute approximate surface area is 299 Å². The maximum Gasteiger partial charge on any atom is 0.434 e. The van der Waals surface area contributed by atoms with Crippen LogP contribution in [0.1, 0.15) is 69.4 Å². The van der Waals surface area contributed by atoms with Gasteiger partial charge in [-0.3, -0.25) is 9.78 Å². The minimum atomic E-state index is -0.721. The van der Waals surface area contributed by atoms with Crippen LogP contribution in [0.15, 0.2) is 57.7 Å². The second kappa shape index (κ2) is 11.3. The van der Waals surface area contributed by atoms with Gasteiger partial charge in [0.25, 0.3) is 11.8 Å². The number of carbonyl (C=O) groups is 1. The number of nitrogens with zero attached hydrogens (tertiary/aromatic N) is 4. The summed E-state index contributed by atoms with van der Waals surface area (Å²) in [5.74, 6) is -0.0451. The van der Waals surface area contributed by atoms with Crippen molar-refractivity contribution in [3.63, 3.8) is 0 Å². The van der Waals surface area contributed by atoms with Crippen molar-refractivity contribution >= 4 is 33.1 Å². The van der Waals surface area contributed by atoms with Crippen molar-refractivity contribution in [3.8, 4) is 27.6 Å². The van der Waals surface area contributed by atoms with Crippen LogP contribution in [0.2, 0.25) is 0 Å². The normalized spacial score (nSPS) is 21.0. The molecule has 1 atom stereocenters. The van der Waals surface area contributed by atoms with E-state index in [1.54, 1.807) is 6.07 Å². The highest BCUT2D eigenvalue weighted by Gasteiger charge is 2.65. The first-order valence-corrected chi connectivity index (χ1v) is 18.3. The molecule has 2 aliphatic carbocycles. The number of aromatic amines is 1. The van der Waals surface area contributed by atoms with Crippen LogP contribution in [0, 0.1) is 24.5 Å². The van der Waals surface area contributed by atoms with Crippen LogP contribution in [-0.4, -0.2) is 44.6 Å². The molecule has 262 valence electrons. The van der Waals surface area contributed by atoms with Crippen LogP contribution < -0.4 is 15.8 Å². The molecule has 5 aliphatic rings. The van der Waals surface area contributed by atoms with Crippen LogP contribution in [0.3, 0.4) is 0 Å². The molecule has 2 aromatic carbocycles. The second-order valence-corrected chi connectivity index (χ2v) is 15.4. The monoisotopic (exact) mass is 718 g/mol. The lowest BCUT2D eigenvalue weighted by Crippen LogP contribution is -2.40. The first kappa shape index (κ1) is 31.3. The van der Waals surface area contributed by atoms with Gasteiger partial charge in [-0.25, -0.2) is 23.7 Å². The number of H-pyrrole nitrogens is 1. The number of hydrogen-bond acceptors (Lipinski definition) is 9. The van der Waals surface area contributed by atoms with Gasteiger partial charge < -0.3 is 19.4 Å². The molecule has 2 saturated heterocycles. The molecule has 10 nitrogen and oxygen atoms in total. The smallest absolute Gasteiger partial charge is 0.434 e. The van der Waals surface area contributed by atoms with E-state index in [1.165, 1.54) is 36.6 Å². The number of anilines is 1. The summed E-state index contributed by atoms with van der Waals surface area (Å²) in [6.07, 6.45) is 4.00. The number of pyridine rings is 2. The zero-order valence-corrected chi connectivity index (χ0v) is 29.1. The van der Waals surface area contributed by atoms with Crippen molar-refractivity contribution in [2.24, 2.45) is 5.92 Å². The molecule has 1 saturated carbocycles. The minimum Gasteiger partial charge on any atom is -0.493 e. The summed E-state index contributed by atoms with van der Waals surface area (Å²) in [6, 6.07) is 13.7. The van der Waals surface area contributed by atoms with E-state index < -0.39 is 11.3 Å². The number of halogens is 2. The molecule has 2 bridgehead atoms. The van der Waals surface area contributed by atoms with Gasteiger partial charge >= 0.3 is 5.76 Å². The number of thiophene rings is 1. The second-order valence-electron chi connectivity index (χ2n) is 14.3. The molecule has 0 radical (unpaired) electrons. The highest BCUT2D eigenvalue weighted by Crippen LogP contribution is 2.63. The van der Waals surface area contributed by atoms with Gasteiger partial charge in [-0.1, -0.05) is 18.2 Å². The third-order valence-electron chi connectivity index (χ3n) is 11.3. The fourth-order valence-corrected chi connectivity index (χ4v) is 10.3. The molecule has 1 spiro atoms. The Morgan fingerprint density at radius 1 is 1.08 bits per heavy atom. The van der Waals surface area contributed by atoms with Crippen molar-refractivity contribution in [1.29, 1.82) is 0 Å². The molecule has 13 heteroatoms. The van der Waals surface area contributed by atoms with Gasteiger partial charge in [0.1, 0.15) is 11.6 Å². The van der Waals surface area contributed by atoms with E-state index in [4.69, 9.17) is 19.1 Å². The molecule has 0 unspecified atom stereocenters. The fourth-order valence-electron chi connectivity index (χ4n) is 9.12. The standard InChI is InChI=1S/C39H32F2N6O4S/c1-18-12-21-14-28(52-33(21)35(42-18)44-26-11-8-24-23(26)7-9-25(41)32(24)50-2)30-29(36-45-46-38(49)51-36)27(10-6-19-4-3-5-22(40)13-19)43-34-31(30)37(48)47-17-20-15-39(34,47)16-20/h3-5,7,9,12-14,20,26H,6,8,10-11,15-17H2,1-2H3,(H,42,44)(H,46,49)/t20?,26-,39?/m1/s1. The van der Waals surface area contributed by atoms with Crippen LogP contribution in [0.5, 0.6) is 5.75 Å². The molecular weight excluding hydrogens is 687 g/mol. The number of aromatic nitrogens is 4. The quantitative estimate of drug-likeness (QED) is 0.169. The summed E-state index contributed by atoms with van der Waals surface area (Å²) < 4.78 is 40.7. The molecule has 6 aromatic rings. The molecule has 3 fully saturated rings. The van der Waals surface area contributed by atoms with E-state index in [9.17, 15) is 18.4 Å². The number of aryl methyl sites for hydroxylation is 3. The predicted octanol–water partition coefficient (Wildman–Crippen LogP) is 7.26. The number of benzene rings is 2. The molecule has 52 heavy (non-hydrogen) atoms. The summed E-state index contributed by atoms with van der Waals surface area (Å²) >= 11 is 1.49. The van der Waals surface area contributed by atoms with Gasteiger partial charge in [-0.15, -0.1) is 16.4 Å². The number of hydrogen-bond donors (Lipinski definition) is 2. The van der Waals surface area contributed by atoms with E-state index in [0.29, 0.717) is 59.9 Å². The number of amides is 1. The number of ether oxygens (including phenoxy) is 1. The molecule has 3 aliphatic heterocycles. The maximum absolute atomic E-state index is 14.6. The highest BCUT2D eigenvalue weighted by atomic mass is 32.1. The zero-order chi connectivity index (χ0) is 35.5. The SMILES string of the molecule is COc1c(F)ccc2c1CC[C@H]2Nc1nc(C)cc2cc(-c3c4c(nc(CCc5cccc(F)c5)c3-c3n[nH]c(=O)o3)C35CC(CN3C4=O)C5)sc12. The summed E-state index contributed by atoms with van der Waals surface area (Å²) in [5, 5.41) is 11.2. The Bertz CT molecular complexity index is 2550. The van der Waals surface area contributed by atoms with Crippen molar-refractivity contribution in [1.82, 2.24) is 25.1 Å². The molecule has 4 aromatic heterocycles. The van der Waals surface area contributed by atoms with Crippen LogP contribution in [0.4, 0.5) is 14.6 Å². The van der Waals surface area contributed by atoms with E-state index in [-0.39, 0.29) is 35.2 Å². The Hall–Kier alpha value is -5.43. The van der Waals surface area contributed by atoms with Gasteiger partial charge in [0, 0.05) is 28.2 Å². The van der Waals surface area contributed by atoms with Crippen LogP contribution >= 0.6 is 11.3 Å². The maximum atomic E-state index is 14.6. The third-order valence-corrected chi connectivity index (χ3v) is 12.4. The largest absolute Gasteiger partial charge is 0.493 e. The van der Waals surface area contributed by atoms with E-state index in [1.807, 2.05) is 30.0 Å². The average molecular weight is 719 g/mol. The first-order valence-electron chi connectivity index (χ1n) is 17.4. The Morgan fingerprint density at radius 3 is 2.73 bits per heavy atom. The molecule has 2 N–H and O–H groups in total. The number of methoxy groups -OCH3 is 1. The Kier molecular flexibility index (Phi) is 6.80. The summed E-state index contributed by atoms with van der Waals surface area (Å²) in [5.41, 5.74) is 5.97. The molecular formula is C39H32F2N6O4S. The zero-order valence-electron chi connectivity index (χ0n) is 28.3. The number of carbonyl (C=O) groups excluding carboxylic acids is 1. The lowest BCUT2D eigenvalue weighted by Gasteiger charge is -2.37. The summed E-state index contributed by atoms with van der Waals surface area (Å²) in [6.45, 7) is 2.62. The minimum absolute atomic E-state index is 0.0437. The third kappa shape index (κ3) is 4.54. The topological polar surface area (TPSA) is 126 Å². The van der Waals surface area contributed by atoms with E-state index >= 15 is 0 Å². The van der Waals surface area contributed by atoms with Crippen molar-refractivity contribution in [2.45, 2.75) is 57.0 Å². The number of nitrogens with one attached hydrogen (secondary N) is 2. The molecule has 11 rings (SSSR count). The van der Waals surface area contributed by atoms with Crippen molar-refractivity contribution in [3.05, 3.63) is 110 Å². The lowest BCUT2D eigenvalue weighted by atomic mass is 9.71. The average Bonchev–Trinajstić information content (AvgIpc) is 3.96. The lowest BCUT2D eigenvalue weighted by molar-refractivity contribution is 0.0637. The van der Waals surface area contributed by atoms with Crippen molar-refractivity contribution in [2.75, 3.05) is 19.0 Å².